The van der Waals surface area contributed by atoms with Crippen LogP contribution in [0, 0.1) is 11.6 Å². The lowest BCUT2D eigenvalue weighted by Gasteiger charge is -2.31. The molecule has 4 aliphatic heterocycles. The number of morpholine rings is 1. The predicted octanol–water partition coefficient (Wildman–Crippen LogP) is 5.31. The fourth-order valence-electron chi connectivity index (χ4n) is 8.13. The third-order valence-corrected chi connectivity index (χ3v) is 11.2. The Labute approximate surface area is 298 Å². The van der Waals surface area contributed by atoms with Crippen LogP contribution in [0.4, 0.5) is 19.0 Å². The van der Waals surface area contributed by atoms with Crippen LogP contribution in [0.15, 0.2) is 48.7 Å². The molecule has 8 rings (SSSR count). The molecule has 2 aromatic carbocycles. The van der Waals surface area contributed by atoms with Gasteiger partial charge in [-0.05, 0) is 43.3 Å². The molecule has 268 valence electrons. The molecular formula is C37H39ClF3N7O3. The van der Waals surface area contributed by atoms with Gasteiger partial charge in [0.15, 0.2) is 5.82 Å². The average molecular weight is 722 g/mol. The summed E-state index contributed by atoms with van der Waals surface area (Å²) in [4.78, 5) is 32.8. The van der Waals surface area contributed by atoms with Gasteiger partial charge in [0.2, 0.25) is 5.91 Å². The van der Waals surface area contributed by atoms with E-state index in [-0.39, 0.29) is 46.9 Å². The molecule has 1 unspecified atom stereocenters. The predicted molar refractivity (Wildman–Crippen MR) is 189 cm³/mol. The summed E-state index contributed by atoms with van der Waals surface area (Å²) in [5.41, 5.74) is -0.215. The van der Waals surface area contributed by atoms with Crippen LogP contribution in [0.1, 0.15) is 25.7 Å². The van der Waals surface area contributed by atoms with Gasteiger partial charge in [-0.1, -0.05) is 35.9 Å². The number of rotatable bonds is 8. The maximum Gasteiger partial charge on any atom is 0.319 e. The van der Waals surface area contributed by atoms with E-state index in [1.54, 1.807) is 41.3 Å². The molecule has 4 saturated heterocycles. The molecule has 4 aromatic rings. The van der Waals surface area contributed by atoms with Gasteiger partial charge in [-0.2, -0.15) is 9.97 Å². The van der Waals surface area contributed by atoms with Gasteiger partial charge >= 0.3 is 6.01 Å². The fraction of sp³-hybridized carbons (Fsp3) is 0.459. The number of amides is 1. The Morgan fingerprint density at radius 3 is 2.94 bits per heavy atom. The summed E-state index contributed by atoms with van der Waals surface area (Å²) in [5.74, 6) is -1.08. The third-order valence-electron chi connectivity index (χ3n) is 10.8. The normalized spacial score (nSPS) is 25.4. The number of aromatic nitrogens is 3. The Bertz CT molecular complexity index is 2010. The molecule has 1 N–H and O–H groups in total. The highest BCUT2D eigenvalue weighted by molar-refractivity contribution is 6.36. The van der Waals surface area contributed by atoms with Gasteiger partial charge in [0.05, 0.1) is 28.7 Å². The molecule has 0 aliphatic carbocycles. The first-order valence-corrected chi connectivity index (χ1v) is 17.9. The maximum absolute atomic E-state index is 16.8. The zero-order valence-electron chi connectivity index (χ0n) is 28.3. The second-order valence-electron chi connectivity index (χ2n) is 14.0. The van der Waals surface area contributed by atoms with Crippen LogP contribution in [0.2, 0.25) is 5.02 Å². The van der Waals surface area contributed by atoms with Gasteiger partial charge < -0.3 is 24.6 Å². The minimum atomic E-state index is -0.939. The van der Waals surface area contributed by atoms with Crippen molar-refractivity contribution >= 4 is 45.0 Å². The van der Waals surface area contributed by atoms with Gasteiger partial charge in [-0.3, -0.25) is 14.7 Å². The van der Waals surface area contributed by atoms with Crippen LogP contribution in [0.25, 0.3) is 32.9 Å². The number of hydrogen-bond acceptors (Lipinski definition) is 9. The van der Waals surface area contributed by atoms with E-state index in [2.05, 4.69) is 20.2 Å². The number of fused-ring (bicyclic) bond motifs is 3. The van der Waals surface area contributed by atoms with Crippen molar-refractivity contribution in [1.29, 1.82) is 0 Å². The van der Waals surface area contributed by atoms with E-state index in [0.29, 0.717) is 73.2 Å². The molecule has 4 atom stereocenters. The van der Waals surface area contributed by atoms with Crippen molar-refractivity contribution in [3.8, 4) is 17.3 Å². The van der Waals surface area contributed by atoms with E-state index in [4.69, 9.17) is 26.1 Å². The highest BCUT2D eigenvalue weighted by Crippen LogP contribution is 2.41. The van der Waals surface area contributed by atoms with Crippen molar-refractivity contribution in [3.63, 3.8) is 0 Å². The SMILES string of the molecule is CN(c1nc(OC[C@@]23CCCN2C[C@H](F)C3)nc2c(F)c(-c3cccc4ccc(F)c(Cl)c34)ncc12)[C@@H]1CCN(C(=O)/C=C/C2CNCCO2)C1. The van der Waals surface area contributed by atoms with Gasteiger partial charge in [0.1, 0.15) is 35.6 Å². The highest BCUT2D eigenvalue weighted by Gasteiger charge is 2.49. The van der Waals surface area contributed by atoms with E-state index in [9.17, 15) is 13.6 Å². The van der Waals surface area contributed by atoms with Crippen LogP contribution < -0.4 is 15.0 Å². The average Bonchev–Trinajstić information content (AvgIpc) is 3.86. The third kappa shape index (κ3) is 6.38. The van der Waals surface area contributed by atoms with E-state index in [0.717, 1.165) is 25.9 Å². The molecule has 0 spiro atoms. The number of nitrogens with one attached hydrogen (secondary N) is 1. The summed E-state index contributed by atoms with van der Waals surface area (Å²) in [6.07, 6.45) is 6.52. The number of nitrogens with zero attached hydrogens (tertiary/aromatic N) is 6. The monoisotopic (exact) mass is 721 g/mol. The molecule has 0 saturated carbocycles. The van der Waals surface area contributed by atoms with Gasteiger partial charge in [0, 0.05) is 75.5 Å². The first-order valence-electron chi connectivity index (χ1n) is 17.5. The van der Waals surface area contributed by atoms with Crippen molar-refractivity contribution in [2.24, 2.45) is 0 Å². The van der Waals surface area contributed by atoms with Crippen molar-refractivity contribution < 1.29 is 27.4 Å². The number of carbonyl (C=O) groups is 1. The number of anilines is 1. The molecule has 0 radical (unpaired) electrons. The number of hydrogen-bond donors (Lipinski definition) is 1. The number of likely N-dealkylation sites (N-methyl/N-ethyl adjacent to an activating group) is 1. The van der Waals surface area contributed by atoms with Crippen molar-refractivity contribution in [1.82, 2.24) is 30.1 Å². The molecule has 1 amide bonds. The number of pyridine rings is 1. The summed E-state index contributed by atoms with van der Waals surface area (Å²) < 4.78 is 57.9. The zero-order chi connectivity index (χ0) is 35.3. The minimum Gasteiger partial charge on any atom is -0.461 e. The number of benzene rings is 2. The summed E-state index contributed by atoms with van der Waals surface area (Å²) in [5, 5.41) is 4.44. The zero-order valence-corrected chi connectivity index (χ0v) is 29.0. The summed E-state index contributed by atoms with van der Waals surface area (Å²) in [6.45, 7) is 4.33. The first kappa shape index (κ1) is 34.1. The number of ether oxygens (including phenoxy) is 2. The molecule has 10 nitrogen and oxygen atoms in total. The van der Waals surface area contributed by atoms with Gasteiger partial charge in [0.25, 0.3) is 0 Å². The Morgan fingerprint density at radius 1 is 1.22 bits per heavy atom. The molecule has 51 heavy (non-hydrogen) atoms. The van der Waals surface area contributed by atoms with Gasteiger partial charge in [-0.15, -0.1) is 0 Å². The van der Waals surface area contributed by atoms with E-state index in [1.165, 1.54) is 12.3 Å². The maximum atomic E-state index is 16.8. The highest BCUT2D eigenvalue weighted by atomic mass is 35.5. The Hall–Kier alpha value is -4.04. The largest absolute Gasteiger partial charge is 0.461 e. The van der Waals surface area contributed by atoms with Crippen LogP contribution >= 0.6 is 11.6 Å². The number of halogens is 4. The van der Waals surface area contributed by atoms with Crippen LogP contribution in [0.3, 0.4) is 0 Å². The second kappa shape index (κ2) is 13.8. The van der Waals surface area contributed by atoms with E-state index >= 15 is 4.39 Å². The van der Waals surface area contributed by atoms with Crippen molar-refractivity contribution in [2.75, 3.05) is 64.4 Å². The van der Waals surface area contributed by atoms with Crippen molar-refractivity contribution in [2.45, 2.75) is 49.5 Å². The lowest BCUT2D eigenvalue weighted by Crippen LogP contribution is -2.43. The molecule has 2 aromatic heterocycles. The molecule has 0 bridgehead atoms. The van der Waals surface area contributed by atoms with Crippen LogP contribution in [0.5, 0.6) is 6.01 Å². The fourth-order valence-corrected chi connectivity index (χ4v) is 8.41. The molecule has 14 heteroatoms. The standard InChI is InChI=1S/C37H39ClF3N7O3/c1-46(24-10-14-47(20-24)29(49)9-7-25-17-42-12-15-50-25)35-27-18-43-33(26-5-2-4-22-6-8-28(40)31(38)30(22)26)32(41)34(27)44-36(45-35)51-21-37-11-3-13-48(37)19-23(39)16-37/h2,4-9,18,23-25,42H,3,10-17,19-21H2,1H3/b9-7+/t23-,24-,25?,37+/m1/s1. The van der Waals surface area contributed by atoms with E-state index in [1.807, 2.05) is 11.9 Å². The molecular weight excluding hydrogens is 683 g/mol. The summed E-state index contributed by atoms with van der Waals surface area (Å²) in [7, 11) is 1.85. The Balaban J connectivity index is 1.14. The lowest BCUT2D eigenvalue weighted by atomic mass is 9.95. The number of likely N-dealkylation sites (tertiary alicyclic amines) is 1. The number of alkyl halides is 1. The first-order chi connectivity index (χ1) is 24.7. The van der Waals surface area contributed by atoms with Gasteiger partial charge in [-0.25, -0.2) is 13.2 Å². The second-order valence-corrected chi connectivity index (χ2v) is 14.3. The smallest absolute Gasteiger partial charge is 0.319 e. The minimum absolute atomic E-state index is 0.0260. The molecule has 6 heterocycles. The topological polar surface area (TPSA) is 96.0 Å². The molecule has 4 fully saturated rings. The van der Waals surface area contributed by atoms with Crippen molar-refractivity contribution in [3.05, 3.63) is 65.3 Å². The number of carbonyl (C=O) groups excluding carboxylic acids is 1. The van der Waals surface area contributed by atoms with Crippen LogP contribution in [-0.2, 0) is 9.53 Å². The van der Waals surface area contributed by atoms with E-state index < -0.39 is 23.3 Å². The van der Waals surface area contributed by atoms with Crippen LogP contribution in [-0.4, -0.2) is 114 Å². The Morgan fingerprint density at radius 2 is 2.10 bits per heavy atom. The summed E-state index contributed by atoms with van der Waals surface area (Å²) >= 11 is 6.42. The summed E-state index contributed by atoms with van der Waals surface area (Å²) in [6, 6.07) is 7.83. The lowest BCUT2D eigenvalue weighted by molar-refractivity contribution is -0.125. The Kier molecular flexibility index (Phi) is 9.24. The molecule has 4 aliphatic rings. The quantitative estimate of drug-likeness (QED) is 0.243.